The van der Waals surface area contributed by atoms with Gasteiger partial charge in [-0.15, -0.1) is 10.2 Å². The van der Waals surface area contributed by atoms with Gasteiger partial charge in [0.2, 0.25) is 11.8 Å². The Morgan fingerprint density at radius 2 is 2.18 bits per heavy atom. The van der Waals surface area contributed by atoms with Crippen LogP contribution in [0.1, 0.15) is 18.2 Å². The molecule has 2 heterocycles. The molecule has 0 bridgehead atoms. The Labute approximate surface area is 104 Å². The number of hydrogen-bond acceptors (Lipinski definition) is 4. The summed E-state index contributed by atoms with van der Waals surface area (Å²) in [5.74, 6) is 1.53. The molecule has 5 heteroatoms. The monoisotopic (exact) mass is 249 g/mol. The fraction of sp³-hybridized carbons (Fsp3) is 0.333. The summed E-state index contributed by atoms with van der Waals surface area (Å²) < 4.78 is 5.69. The van der Waals surface area contributed by atoms with E-state index in [9.17, 15) is 0 Å². The van der Waals surface area contributed by atoms with Crippen molar-refractivity contribution in [1.82, 2.24) is 15.5 Å². The minimum Gasteiger partial charge on any atom is -0.420 e. The number of benzene rings is 1. The molecule has 0 spiro atoms. The summed E-state index contributed by atoms with van der Waals surface area (Å²) in [6.45, 7) is 1.92. The third-order valence-corrected chi connectivity index (χ3v) is 3.28. The predicted octanol–water partition coefficient (Wildman–Crippen LogP) is 2.47. The third kappa shape index (κ3) is 2.06. The van der Waals surface area contributed by atoms with Crippen molar-refractivity contribution in [3.63, 3.8) is 0 Å². The Balaban J connectivity index is 1.92. The summed E-state index contributed by atoms with van der Waals surface area (Å²) in [6.07, 6.45) is 1.05. The fourth-order valence-corrected chi connectivity index (χ4v) is 2.23. The van der Waals surface area contributed by atoms with Gasteiger partial charge in [0, 0.05) is 6.54 Å². The van der Waals surface area contributed by atoms with E-state index in [0.717, 1.165) is 25.1 Å². The number of nitrogens with one attached hydrogen (secondary N) is 1. The van der Waals surface area contributed by atoms with Gasteiger partial charge in [-0.05, 0) is 25.1 Å². The molecule has 1 saturated heterocycles. The van der Waals surface area contributed by atoms with E-state index in [1.807, 2.05) is 24.3 Å². The van der Waals surface area contributed by atoms with Crippen molar-refractivity contribution in [1.29, 1.82) is 0 Å². The number of rotatable bonds is 2. The molecule has 1 aliphatic rings. The largest absolute Gasteiger partial charge is 0.420 e. The summed E-state index contributed by atoms with van der Waals surface area (Å²) in [6, 6.07) is 7.48. The number of nitrogens with zero attached hydrogens (tertiary/aromatic N) is 2. The van der Waals surface area contributed by atoms with Crippen molar-refractivity contribution in [3.05, 3.63) is 35.2 Å². The first kappa shape index (κ1) is 10.7. The highest BCUT2D eigenvalue weighted by atomic mass is 35.5. The van der Waals surface area contributed by atoms with Gasteiger partial charge in [-0.3, -0.25) is 0 Å². The van der Waals surface area contributed by atoms with Crippen molar-refractivity contribution >= 4 is 11.6 Å². The molecule has 1 aromatic carbocycles. The lowest BCUT2D eigenvalue weighted by molar-refractivity contribution is 0.467. The van der Waals surface area contributed by atoms with Gasteiger partial charge in [0.05, 0.1) is 16.5 Å². The molecule has 1 atom stereocenters. The third-order valence-electron chi connectivity index (χ3n) is 2.95. The molecule has 1 N–H and O–H groups in total. The highest BCUT2D eigenvalue weighted by Gasteiger charge is 2.23. The highest BCUT2D eigenvalue weighted by Crippen LogP contribution is 2.29. The normalized spacial score (nSPS) is 19.7. The maximum absolute atomic E-state index is 6.09. The molecule has 2 aromatic rings. The molecule has 0 saturated carbocycles. The standard InChI is InChI=1S/C12H12ClN3O/c13-10-4-2-1-3-9(10)12-16-15-11(17-12)8-5-6-14-7-8/h1-4,8,14H,5-7H2. The molecule has 1 fully saturated rings. The number of aromatic nitrogens is 2. The lowest BCUT2D eigenvalue weighted by Crippen LogP contribution is -2.08. The van der Waals surface area contributed by atoms with E-state index < -0.39 is 0 Å². The van der Waals surface area contributed by atoms with Crippen LogP contribution in [0.2, 0.25) is 5.02 Å². The molecule has 1 aliphatic heterocycles. The van der Waals surface area contributed by atoms with E-state index in [4.69, 9.17) is 16.0 Å². The van der Waals surface area contributed by atoms with E-state index in [0.29, 0.717) is 22.7 Å². The number of hydrogen-bond donors (Lipinski definition) is 1. The maximum Gasteiger partial charge on any atom is 0.249 e. The molecule has 88 valence electrons. The topological polar surface area (TPSA) is 51.0 Å². The van der Waals surface area contributed by atoms with Crippen LogP contribution in [0.4, 0.5) is 0 Å². The lowest BCUT2D eigenvalue weighted by Gasteiger charge is -2.00. The average molecular weight is 250 g/mol. The zero-order chi connectivity index (χ0) is 11.7. The van der Waals surface area contributed by atoms with Crippen LogP contribution in [0.25, 0.3) is 11.5 Å². The van der Waals surface area contributed by atoms with Crippen molar-refractivity contribution in [3.8, 4) is 11.5 Å². The zero-order valence-electron chi connectivity index (χ0n) is 9.19. The van der Waals surface area contributed by atoms with E-state index in [2.05, 4.69) is 15.5 Å². The SMILES string of the molecule is Clc1ccccc1-c1nnc(C2CCNC2)o1. The molecule has 1 aromatic heterocycles. The Morgan fingerprint density at radius 1 is 1.29 bits per heavy atom. The van der Waals surface area contributed by atoms with Crippen LogP contribution in [0, 0.1) is 0 Å². The summed E-state index contributed by atoms with van der Waals surface area (Å²) in [5.41, 5.74) is 0.791. The first-order valence-corrected chi connectivity index (χ1v) is 6.01. The lowest BCUT2D eigenvalue weighted by atomic mass is 10.1. The van der Waals surface area contributed by atoms with E-state index >= 15 is 0 Å². The van der Waals surface area contributed by atoms with Gasteiger partial charge in [0.15, 0.2) is 0 Å². The van der Waals surface area contributed by atoms with Crippen LogP contribution in [-0.4, -0.2) is 23.3 Å². The first-order valence-electron chi connectivity index (χ1n) is 5.63. The van der Waals surface area contributed by atoms with E-state index in [1.54, 1.807) is 0 Å². The van der Waals surface area contributed by atoms with Crippen molar-refractivity contribution < 1.29 is 4.42 Å². The minimum absolute atomic E-state index is 0.332. The van der Waals surface area contributed by atoms with Crippen molar-refractivity contribution in [2.75, 3.05) is 13.1 Å². The number of halogens is 1. The summed E-state index contributed by atoms with van der Waals surface area (Å²) >= 11 is 6.09. The molecule has 0 aliphatic carbocycles. The Hall–Kier alpha value is -1.39. The van der Waals surface area contributed by atoms with Gasteiger partial charge in [0.1, 0.15) is 0 Å². The average Bonchev–Trinajstić information content (AvgIpc) is 3.00. The van der Waals surface area contributed by atoms with Gasteiger partial charge in [-0.25, -0.2) is 0 Å². The first-order chi connectivity index (χ1) is 8.34. The fourth-order valence-electron chi connectivity index (χ4n) is 2.01. The predicted molar refractivity (Wildman–Crippen MR) is 65.0 cm³/mol. The molecule has 0 amide bonds. The second kappa shape index (κ2) is 4.47. The van der Waals surface area contributed by atoms with Gasteiger partial charge >= 0.3 is 0 Å². The van der Waals surface area contributed by atoms with Gasteiger partial charge in [-0.2, -0.15) is 0 Å². The van der Waals surface area contributed by atoms with Crippen molar-refractivity contribution in [2.45, 2.75) is 12.3 Å². The van der Waals surface area contributed by atoms with Gasteiger partial charge in [0.25, 0.3) is 0 Å². The van der Waals surface area contributed by atoms with Crippen LogP contribution < -0.4 is 5.32 Å². The van der Waals surface area contributed by atoms with Gasteiger partial charge < -0.3 is 9.73 Å². The highest BCUT2D eigenvalue weighted by molar-refractivity contribution is 6.33. The zero-order valence-corrected chi connectivity index (χ0v) is 9.94. The summed E-state index contributed by atoms with van der Waals surface area (Å²) in [5, 5.41) is 12.1. The molecule has 1 unspecified atom stereocenters. The Bertz CT molecular complexity index is 520. The Morgan fingerprint density at radius 3 is 2.94 bits per heavy atom. The molecule has 0 radical (unpaired) electrons. The summed E-state index contributed by atoms with van der Waals surface area (Å²) in [4.78, 5) is 0. The maximum atomic E-state index is 6.09. The quantitative estimate of drug-likeness (QED) is 0.888. The molecule has 3 rings (SSSR count). The molecule has 17 heavy (non-hydrogen) atoms. The molecular formula is C12H12ClN3O. The van der Waals surface area contributed by atoms with Crippen LogP contribution in [0.15, 0.2) is 28.7 Å². The minimum atomic E-state index is 0.332. The molecular weight excluding hydrogens is 238 g/mol. The second-order valence-corrected chi connectivity index (χ2v) is 4.52. The molecule has 4 nitrogen and oxygen atoms in total. The van der Waals surface area contributed by atoms with Crippen LogP contribution >= 0.6 is 11.6 Å². The van der Waals surface area contributed by atoms with Crippen LogP contribution in [0.3, 0.4) is 0 Å². The Kier molecular flexibility index (Phi) is 2.82. The van der Waals surface area contributed by atoms with E-state index in [-0.39, 0.29) is 0 Å². The van der Waals surface area contributed by atoms with Crippen molar-refractivity contribution in [2.24, 2.45) is 0 Å². The second-order valence-electron chi connectivity index (χ2n) is 4.12. The van der Waals surface area contributed by atoms with Crippen LogP contribution in [0.5, 0.6) is 0 Å². The van der Waals surface area contributed by atoms with E-state index in [1.165, 1.54) is 0 Å². The van der Waals surface area contributed by atoms with Crippen LogP contribution in [-0.2, 0) is 0 Å². The van der Waals surface area contributed by atoms with Gasteiger partial charge in [-0.1, -0.05) is 23.7 Å². The smallest absolute Gasteiger partial charge is 0.249 e. The summed E-state index contributed by atoms with van der Waals surface area (Å²) in [7, 11) is 0.